The maximum absolute atomic E-state index is 12.9. The van der Waals surface area contributed by atoms with Crippen molar-refractivity contribution in [2.45, 2.75) is 115 Å². The number of fused-ring (bicyclic) bond motifs is 5. The molecule has 0 radical (unpaired) electrons. The van der Waals surface area contributed by atoms with Gasteiger partial charge in [0, 0.05) is 24.1 Å². The molecule has 3 heterocycles. The molecule has 7 rings (SSSR count). The smallest absolute Gasteiger partial charge is 0.104 e. The van der Waals surface area contributed by atoms with Crippen LogP contribution in [-0.4, -0.2) is 79.1 Å². The molecule has 2 saturated heterocycles. The number of furan rings is 1. The largest absolute Gasteiger partial charge is 0.472 e. The van der Waals surface area contributed by atoms with Crippen molar-refractivity contribution in [3.63, 3.8) is 0 Å². The van der Waals surface area contributed by atoms with Gasteiger partial charge in [0.1, 0.15) is 5.60 Å². The van der Waals surface area contributed by atoms with Crippen molar-refractivity contribution in [2.24, 2.45) is 28.6 Å². The predicted octanol–water partition coefficient (Wildman–Crippen LogP) is 6.23. The fourth-order valence-electron chi connectivity index (χ4n) is 11.3. The first kappa shape index (κ1) is 28.8. The molecule has 0 bridgehead atoms. The SMILES string of the molecule is C[C@]12CC[C@H](OCCN3CCCC3)C[C@@H]1CC[C@@H]1[C@@H]2CC[C@]2(C)[C@](OCCN3CCCC3)(c3ccoc3)CC[C@]12O. The molecule has 6 nitrogen and oxygen atoms in total. The van der Waals surface area contributed by atoms with E-state index >= 15 is 0 Å². The predicted molar refractivity (Wildman–Crippen MR) is 161 cm³/mol. The summed E-state index contributed by atoms with van der Waals surface area (Å²) >= 11 is 0. The summed E-state index contributed by atoms with van der Waals surface area (Å²) in [6, 6.07) is 2.11. The van der Waals surface area contributed by atoms with E-state index in [-0.39, 0.29) is 5.41 Å². The normalized spacial score (nSPS) is 45.0. The summed E-state index contributed by atoms with van der Waals surface area (Å²) in [5.41, 5.74) is -0.0283. The van der Waals surface area contributed by atoms with Gasteiger partial charge in [0.15, 0.2) is 0 Å². The maximum Gasteiger partial charge on any atom is 0.104 e. The third kappa shape index (κ3) is 4.69. The van der Waals surface area contributed by atoms with Crippen LogP contribution in [0.2, 0.25) is 0 Å². The average Bonchev–Trinajstić information content (AvgIpc) is 3.79. The van der Waals surface area contributed by atoms with Gasteiger partial charge in [-0.15, -0.1) is 0 Å². The highest BCUT2D eigenvalue weighted by atomic mass is 16.5. The van der Waals surface area contributed by atoms with E-state index in [4.69, 9.17) is 13.9 Å². The number of aliphatic hydroxyl groups is 1. The van der Waals surface area contributed by atoms with E-state index in [0.29, 0.717) is 23.4 Å². The summed E-state index contributed by atoms with van der Waals surface area (Å²) in [6.45, 7) is 13.6. The van der Waals surface area contributed by atoms with Gasteiger partial charge < -0.3 is 28.8 Å². The third-order valence-electron chi connectivity index (χ3n) is 13.8. The Morgan fingerprint density at radius 1 is 0.854 bits per heavy atom. The summed E-state index contributed by atoms with van der Waals surface area (Å²) in [5, 5.41) is 12.9. The van der Waals surface area contributed by atoms with E-state index in [9.17, 15) is 5.11 Å². The molecule has 4 saturated carbocycles. The highest BCUT2D eigenvalue weighted by Gasteiger charge is 2.73. The van der Waals surface area contributed by atoms with Crippen LogP contribution in [0, 0.1) is 28.6 Å². The zero-order chi connectivity index (χ0) is 28.1. The molecular formula is C35H56N2O4. The number of rotatable bonds is 9. The number of hydrogen-bond donors (Lipinski definition) is 1. The Morgan fingerprint density at radius 2 is 1.59 bits per heavy atom. The van der Waals surface area contributed by atoms with Crippen LogP contribution in [0.15, 0.2) is 23.0 Å². The number of hydrogen-bond acceptors (Lipinski definition) is 6. The van der Waals surface area contributed by atoms with Crippen LogP contribution >= 0.6 is 0 Å². The van der Waals surface area contributed by atoms with Gasteiger partial charge in [-0.2, -0.15) is 0 Å². The third-order valence-corrected chi connectivity index (χ3v) is 13.8. The van der Waals surface area contributed by atoms with Crippen LogP contribution in [0.25, 0.3) is 0 Å². The summed E-state index contributed by atoms with van der Waals surface area (Å²) in [4.78, 5) is 5.11. The molecule has 0 amide bonds. The Kier molecular flexibility index (Phi) is 7.89. The zero-order valence-electron chi connectivity index (χ0n) is 26.0. The van der Waals surface area contributed by atoms with E-state index in [0.717, 1.165) is 63.5 Å². The number of ether oxygens (including phenoxy) is 2. The van der Waals surface area contributed by atoms with Gasteiger partial charge >= 0.3 is 0 Å². The highest BCUT2D eigenvalue weighted by molar-refractivity contribution is 5.31. The molecule has 6 heteroatoms. The van der Waals surface area contributed by atoms with E-state index < -0.39 is 11.2 Å². The molecule has 4 aliphatic carbocycles. The Bertz CT molecular complexity index is 1020. The Hall–Kier alpha value is -0.920. The van der Waals surface area contributed by atoms with Crippen molar-refractivity contribution in [1.82, 2.24) is 9.80 Å². The molecule has 0 spiro atoms. The van der Waals surface area contributed by atoms with Gasteiger partial charge in [0.2, 0.25) is 0 Å². The lowest BCUT2D eigenvalue weighted by atomic mass is 9.43. The second-order valence-electron chi connectivity index (χ2n) is 15.3. The second kappa shape index (κ2) is 11.2. The molecule has 0 aromatic carbocycles. The molecule has 8 atom stereocenters. The van der Waals surface area contributed by atoms with Crippen molar-refractivity contribution in [3.05, 3.63) is 24.2 Å². The minimum Gasteiger partial charge on any atom is -0.472 e. The van der Waals surface area contributed by atoms with Gasteiger partial charge in [0.05, 0.1) is 37.4 Å². The van der Waals surface area contributed by atoms with E-state index in [1.165, 1.54) is 84.0 Å². The number of nitrogens with zero attached hydrogens (tertiary/aromatic N) is 2. The van der Waals surface area contributed by atoms with Crippen LogP contribution in [0.5, 0.6) is 0 Å². The molecular weight excluding hydrogens is 512 g/mol. The summed E-state index contributed by atoms with van der Waals surface area (Å²) in [5.74, 6) is 1.67. The molecule has 1 aromatic heterocycles. The fraction of sp³-hybridized carbons (Fsp3) is 0.886. The Labute approximate surface area is 248 Å². The first-order chi connectivity index (χ1) is 19.9. The van der Waals surface area contributed by atoms with Crippen molar-refractivity contribution in [1.29, 1.82) is 0 Å². The molecule has 0 unspecified atom stereocenters. The second-order valence-corrected chi connectivity index (χ2v) is 15.3. The van der Waals surface area contributed by atoms with Crippen molar-refractivity contribution >= 4 is 0 Å². The summed E-state index contributed by atoms with van der Waals surface area (Å²) in [7, 11) is 0. The summed E-state index contributed by atoms with van der Waals surface area (Å²) in [6.07, 6.45) is 19.4. The van der Waals surface area contributed by atoms with Crippen LogP contribution < -0.4 is 0 Å². The van der Waals surface area contributed by atoms with Gasteiger partial charge in [-0.3, -0.25) is 0 Å². The lowest BCUT2D eigenvalue weighted by Gasteiger charge is -2.64. The average molecular weight is 569 g/mol. The molecule has 1 aromatic rings. The van der Waals surface area contributed by atoms with E-state index in [2.05, 4.69) is 29.7 Å². The topological polar surface area (TPSA) is 58.3 Å². The van der Waals surface area contributed by atoms with E-state index in [1.54, 1.807) is 6.26 Å². The van der Waals surface area contributed by atoms with Crippen molar-refractivity contribution in [2.75, 3.05) is 52.5 Å². The molecule has 1 N–H and O–H groups in total. The quantitative estimate of drug-likeness (QED) is 0.381. The van der Waals surface area contributed by atoms with Crippen molar-refractivity contribution in [3.8, 4) is 0 Å². The minimum absolute atomic E-state index is 0.310. The van der Waals surface area contributed by atoms with Gasteiger partial charge in [-0.05, 0) is 139 Å². The van der Waals surface area contributed by atoms with Crippen LogP contribution in [0.1, 0.15) is 103 Å². The van der Waals surface area contributed by atoms with E-state index in [1.807, 2.05) is 6.26 Å². The highest BCUT2D eigenvalue weighted by Crippen LogP contribution is 2.72. The standard InChI is InChI=1S/C35H56N2O4/c1-32-12-9-29(40-23-20-36-16-3-4-17-36)25-27(32)7-8-31-30(32)10-13-33(2)34(31,38)14-15-35(33,28-11-22-39-26-28)41-24-21-37-18-5-6-19-37/h11,22,26-27,29-31,38H,3-10,12-21,23-25H2,1-2H3/t27-,29-,30-,31+,32-,33-,34-,35+/m0/s1. The first-order valence-electron chi connectivity index (χ1n) is 17.3. The fourth-order valence-corrected chi connectivity index (χ4v) is 11.3. The van der Waals surface area contributed by atoms with Crippen LogP contribution in [-0.2, 0) is 15.1 Å². The van der Waals surface area contributed by atoms with Gasteiger partial charge in [0.25, 0.3) is 0 Å². The zero-order valence-corrected chi connectivity index (χ0v) is 26.0. The Balaban J connectivity index is 1.06. The van der Waals surface area contributed by atoms with Crippen LogP contribution in [0.4, 0.5) is 0 Å². The lowest BCUT2D eigenvalue weighted by molar-refractivity contribution is -0.249. The molecule has 6 fully saturated rings. The monoisotopic (exact) mass is 568 g/mol. The maximum atomic E-state index is 12.9. The molecule has 2 aliphatic heterocycles. The lowest BCUT2D eigenvalue weighted by Crippen LogP contribution is -2.65. The van der Waals surface area contributed by atoms with Gasteiger partial charge in [-0.1, -0.05) is 13.8 Å². The first-order valence-corrected chi connectivity index (χ1v) is 17.3. The summed E-state index contributed by atoms with van der Waals surface area (Å²) < 4.78 is 19.2. The minimum atomic E-state index is -0.697. The molecule has 41 heavy (non-hydrogen) atoms. The number of likely N-dealkylation sites (tertiary alicyclic amines) is 2. The molecule has 230 valence electrons. The molecule has 6 aliphatic rings. The van der Waals surface area contributed by atoms with Crippen molar-refractivity contribution < 1.29 is 19.0 Å². The van der Waals surface area contributed by atoms with Gasteiger partial charge in [-0.25, -0.2) is 0 Å². The Morgan fingerprint density at radius 3 is 2.29 bits per heavy atom. The van der Waals surface area contributed by atoms with Crippen LogP contribution in [0.3, 0.4) is 0 Å².